The van der Waals surface area contributed by atoms with Gasteiger partial charge in [-0.2, -0.15) is 0 Å². The molecule has 0 radical (unpaired) electrons. The Morgan fingerprint density at radius 3 is 2.48 bits per heavy atom. The van der Waals surface area contributed by atoms with Crippen molar-refractivity contribution in [1.29, 1.82) is 0 Å². The van der Waals surface area contributed by atoms with E-state index in [2.05, 4.69) is 15.9 Å². The second kappa shape index (κ2) is 6.37. The molecule has 0 bridgehead atoms. The van der Waals surface area contributed by atoms with Gasteiger partial charge in [0.2, 0.25) is 0 Å². The third kappa shape index (κ3) is 3.41. The lowest BCUT2D eigenvalue weighted by Gasteiger charge is -2.39. The van der Waals surface area contributed by atoms with Crippen molar-refractivity contribution in [3.05, 3.63) is 29.3 Å². The zero-order valence-corrected chi connectivity index (χ0v) is 13.2. The predicted molar refractivity (Wildman–Crippen MR) is 87.1 cm³/mol. The van der Waals surface area contributed by atoms with Crippen molar-refractivity contribution in [2.75, 3.05) is 37.6 Å². The molecule has 3 rings (SSSR count). The number of piperazine rings is 1. The summed E-state index contributed by atoms with van der Waals surface area (Å²) in [5, 5.41) is 0.792. The fourth-order valence-corrected chi connectivity index (χ4v) is 3.86. The maximum Gasteiger partial charge on any atom is 0.127 e. The summed E-state index contributed by atoms with van der Waals surface area (Å²) in [7, 11) is 0. The molecule has 2 fully saturated rings. The molecule has 0 spiro atoms. The first-order chi connectivity index (χ1) is 10.2. The van der Waals surface area contributed by atoms with Crippen molar-refractivity contribution in [3.8, 4) is 0 Å². The summed E-state index contributed by atoms with van der Waals surface area (Å²) in [5.41, 5.74) is 1.14. The number of rotatable bonds is 4. The zero-order valence-electron chi connectivity index (χ0n) is 12.4. The van der Waals surface area contributed by atoms with Crippen molar-refractivity contribution < 1.29 is 4.79 Å². The van der Waals surface area contributed by atoms with E-state index < -0.39 is 0 Å². The first kappa shape index (κ1) is 14.9. The van der Waals surface area contributed by atoms with Crippen LogP contribution in [0.2, 0.25) is 5.02 Å². The summed E-state index contributed by atoms with van der Waals surface area (Å²) in [6, 6.07) is 8.06. The molecule has 0 N–H and O–H groups in total. The SMILES string of the molecule is O=CC1(CN2CCN(c3cccc(Cl)c3)CC2)CCCC1. The summed E-state index contributed by atoms with van der Waals surface area (Å²) < 4.78 is 0. The highest BCUT2D eigenvalue weighted by molar-refractivity contribution is 6.30. The Hall–Kier alpha value is -1.06. The molecule has 1 heterocycles. The first-order valence-electron chi connectivity index (χ1n) is 7.90. The molecule has 114 valence electrons. The molecule has 21 heavy (non-hydrogen) atoms. The van der Waals surface area contributed by atoms with Crippen LogP contribution < -0.4 is 4.90 Å². The van der Waals surface area contributed by atoms with Crippen LogP contribution in [0.5, 0.6) is 0 Å². The van der Waals surface area contributed by atoms with Crippen molar-refractivity contribution in [2.24, 2.45) is 5.41 Å². The molecule has 0 unspecified atom stereocenters. The van der Waals surface area contributed by atoms with Crippen molar-refractivity contribution in [2.45, 2.75) is 25.7 Å². The third-order valence-corrected chi connectivity index (χ3v) is 5.17. The molecule has 1 aromatic carbocycles. The molecule has 1 saturated carbocycles. The van der Waals surface area contributed by atoms with Gasteiger partial charge in [0.25, 0.3) is 0 Å². The second-order valence-electron chi connectivity index (χ2n) is 6.43. The van der Waals surface area contributed by atoms with E-state index in [0.717, 1.165) is 50.6 Å². The average Bonchev–Trinajstić information content (AvgIpc) is 2.97. The van der Waals surface area contributed by atoms with Gasteiger partial charge in [-0.15, -0.1) is 0 Å². The lowest BCUT2D eigenvalue weighted by Crippen LogP contribution is -2.49. The van der Waals surface area contributed by atoms with Crippen LogP contribution in [0.3, 0.4) is 0 Å². The minimum Gasteiger partial charge on any atom is -0.369 e. The van der Waals surface area contributed by atoms with E-state index in [1.54, 1.807) is 0 Å². The maximum absolute atomic E-state index is 11.5. The number of aldehydes is 1. The predicted octanol–water partition coefficient (Wildman–Crippen LogP) is 3.22. The molecule has 1 aromatic rings. The molecule has 2 aliphatic rings. The van der Waals surface area contributed by atoms with Crippen molar-refractivity contribution in [3.63, 3.8) is 0 Å². The van der Waals surface area contributed by atoms with Crippen LogP contribution >= 0.6 is 11.6 Å². The number of carbonyl (C=O) groups is 1. The normalized spacial score (nSPS) is 22.4. The first-order valence-corrected chi connectivity index (χ1v) is 8.28. The van der Waals surface area contributed by atoms with Crippen molar-refractivity contribution >= 4 is 23.6 Å². The van der Waals surface area contributed by atoms with Crippen LogP contribution in [0.1, 0.15) is 25.7 Å². The summed E-state index contributed by atoms with van der Waals surface area (Å²) in [6.07, 6.45) is 5.79. The standard InChI is InChI=1S/C17H23ClN2O/c18-15-4-3-5-16(12-15)20-10-8-19(9-11-20)13-17(14-21)6-1-2-7-17/h3-5,12,14H,1-2,6-11,13H2. The van der Waals surface area contributed by atoms with Gasteiger partial charge in [0.1, 0.15) is 6.29 Å². The number of carbonyl (C=O) groups excluding carboxylic acids is 1. The van der Waals surface area contributed by atoms with Crippen LogP contribution in [0.25, 0.3) is 0 Å². The van der Waals surface area contributed by atoms with Gasteiger partial charge < -0.3 is 9.69 Å². The number of hydrogen-bond donors (Lipinski definition) is 0. The largest absolute Gasteiger partial charge is 0.369 e. The Morgan fingerprint density at radius 1 is 1.14 bits per heavy atom. The highest BCUT2D eigenvalue weighted by Crippen LogP contribution is 2.37. The lowest BCUT2D eigenvalue weighted by molar-refractivity contribution is -0.117. The van der Waals surface area contributed by atoms with E-state index in [1.165, 1.54) is 24.8 Å². The van der Waals surface area contributed by atoms with Gasteiger partial charge in [-0.1, -0.05) is 30.5 Å². The summed E-state index contributed by atoms with van der Waals surface area (Å²) in [6.45, 7) is 5.02. The van der Waals surface area contributed by atoms with Gasteiger partial charge in [-0.25, -0.2) is 0 Å². The molecule has 1 aliphatic heterocycles. The van der Waals surface area contributed by atoms with Gasteiger partial charge in [-0.05, 0) is 31.0 Å². The quantitative estimate of drug-likeness (QED) is 0.798. The van der Waals surface area contributed by atoms with E-state index in [9.17, 15) is 4.79 Å². The molecule has 1 saturated heterocycles. The molecular formula is C17H23ClN2O. The minimum absolute atomic E-state index is 0.0573. The van der Waals surface area contributed by atoms with E-state index >= 15 is 0 Å². The smallest absolute Gasteiger partial charge is 0.127 e. The Bertz CT molecular complexity index is 491. The number of anilines is 1. The number of benzene rings is 1. The Balaban J connectivity index is 1.56. The molecule has 1 aliphatic carbocycles. The topological polar surface area (TPSA) is 23.6 Å². The van der Waals surface area contributed by atoms with Gasteiger partial charge in [0.05, 0.1) is 0 Å². The third-order valence-electron chi connectivity index (χ3n) is 4.93. The number of nitrogens with zero attached hydrogens (tertiary/aromatic N) is 2. The molecule has 0 amide bonds. The maximum atomic E-state index is 11.5. The van der Waals surface area contributed by atoms with Crippen LogP contribution in [0, 0.1) is 5.41 Å². The van der Waals surface area contributed by atoms with Crippen LogP contribution in [-0.4, -0.2) is 43.9 Å². The van der Waals surface area contributed by atoms with Crippen LogP contribution in [-0.2, 0) is 4.79 Å². The Kier molecular flexibility index (Phi) is 4.51. The summed E-state index contributed by atoms with van der Waals surface area (Å²) in [5.74, 6) is 0. The second-order valence-corrected chi connectivity index (χ2v) is 6.87. The molecule has 3 nitrogen and oxygen atoms in total. The monoisotopic (exact) mass is 306 g/mol. The molecule has 0 aromatic heterocycles. The number of halogens is 1. The molecule has 0 atom stereocenters. The van der Waals surface area contributed by atoms with Gasteiger partial charge >= 0.3 is 0 Å². The average molecular weight is 307 g/mol. The van der Waals surface area contributed by atoms with Gasteiger partial charge in [-0.3, -0.25) is 4.90 Å². The highest BCUT2D eigenvalue weighted by atomic mass is 35.5. The zero-order chi connectivity index (χ0) is 14.7. The fourth-order valence-electron chi connectivity index (χ4n) is 3.67. The fraction of sp³-hybridized carbons (Fsp3) is 0.588. The van der Waals surface area contributed by atoms with Crippen LogP contribution in [0.4, 0.5) is 5.69 Å². The summed E-state index contributed by atoms with van der Waals surface area (Å²) >= 11 is 6.07. The molecule has 4 heteroatoms. The Morgan fingerprint density at radius 2 is 1.86 bits per heavy atom. The lowest BCUT2D eigenvalue weighted by atomic mass is 9.87. The highest BCUT2D eigenvalue weighted by Gasteiger charge is 2.36. The van der Waals surface area contributed by atoms with Gasteiger partial charge in [0.15, 0.2) is 0 Å². The molecular weight excluding hydrogens is 284 g/mol. The number of hydrogen-bond acceptors (Lipinski definition) is 3. The van der Waals surface area contributed by atoms with E-state index in [0.29, 0.717) is 0 Å². The Labute approximate surface area is 131 Å². The van der Waals surface area contributed by atoms with E-state index in [4.69, 9.17) is 11.6 Å². The van der Waals surface area contributed by atoms with Crippen molar-refractivity contribution in [1.82, 2.24) is 4.90 Å². The van der Waals surface area contributed by atoms with E-state index in [1.807, 2.05) is 18.2 Å². The van der Waals surface area contributed by atoms with E-state index in [-0.39, 0.29) is 5.41 Å². The van der Waals surface area contributed by atoms with Gasteiger partial charge in [0, 0.05) is 48.8 Å². The van der Waals surface area contributed by atoms with Crippen LogP contribution in [0.15, 0.2) is 24.3 Å². The summed E-state index contributed by atoms with van der Waals surface area (Å²) in [4.78, 5) is 16.3. The minimum atomic E-state index is -0.0573.